The number of methoxy groups -OCH3 is 1. The number of aliphatic carboxylic acids is 1. The molecule has 0 bridgehead atoms. The van der Waals surface area contributed by atoms with E-state index in [1.165, 1.54) is 0 Å². The maximum Gasteiger partial charge on any atom is 0.317 e. The third kappa shape index (κ3) is 4.15. The first-order valence-corrected chi connectivity index (χ1v) is 7.85. The maximum atomic E-state index is 12.4. The van der Waals surface area contributed by atoms with Crippen LogP contribution in [-0.2, 0) is 4.79 Å². The van der Waals surface area contributed by atoms with Crippen molar-refractivity contribution in [2.24, 2.45) is 5.92 Å². The van der Waals surface area contributed by atoms with Crippen LogP contribution in [-0.4, -0.2) is 42.2 Å². The zero-order valence-corrected chi connectivity index (χ0v) is 13.8. The highest BCUT2D eigenvalue weighted by molar-refractivity contribution is 5.77. The number of hydrogen-bond donors (Lipinski definition) is 2. The molecule has 2 amide bonds. The van der Waals surface area contributed by atoms with Crippen molar-refractivity contribution in [3.8, 4) is 5.75 Å². The van der Waals surface area contributed by atoms with Gasteiger partial charge in [0, 0.05) is 18.7 Å². The first-order valence-electron chi connectivity index (χ1n) is 7.85. The predicted molar refractivity (Wildman–Crippen MR) is 86.6 cm³/mol. The van der Waals surface area contributed by atoms with Crippen LogP contribution in [0.5, 0.6) is 5.75 Å². The summed E-state index contributed by atoms with van der Waals surface area (Å²) in [6.45, 7) is 4.74. The number of piperidine rings is 1. The van der Waals surface area contributed by atoms with Crippen LogP contribution in [0.4, 0.5) is 4.79 Å². The summed E-state index contributed by atoms with van der Waals surface area (Å²) in [5.41, 5.74) is 2.00. The first kappa shape index (κ1) is 17.1. The normalized spacial score (nSPS) is 19.1. The molecule has 1 heterocycles. The number of carbonyl (C=O) groups excluding carboxylic acids is 1. The van der Waals surface area contributed by atoms with Crippen LogP contribution in [0, 0.1) is 12.8 Å². The molecule has 0 radical (unpaired) electrons. The van der Waals surface area contributed by atoms with Gasteiger partial charge in [-0.05, 0) is 32.8 Å². The molecule has 1 aliphatic heterocycles. The lowest BCUT2D eigenvalue weighted by Crippen LogP contribution is -2.47. The second kappa shape index (κ2) is 7.35. The van der Waals surface area contributed by atoms with Gasteiger partial charge in [0.25, 0.3) is 0 Å². The summed E-state index contributed by atoms with van der Waals surface area (Å²) in [7, 11) is 1.60. The third-order valence-electron chi connectivity index (χ3n) is 4.25. The van der Waals surface area contributed by atoms with E-state index in [1.807, 2.05) is 32.0 Å². The fourth-order valence-corrected chi connectivity index (χ4v) is 2.91. The number of amides is 2. The molecule has 0 saturated carbocycles. The number of carboxylic acids is 1. The lowest BCUT2D eigenvalue weighted by atomic mass is 9.98. The smallest absolute Gasteiger partial charge is 0.317 e. The summed E-state index contributed by atoms with van der Waals surface area (Å²) in [6.07, 6.45) is 1.34. The summed E-state index contributed by atoms with van der Waals surface area (Å²) in [5, 5.41) is 12.1. The van der Waals surface area contributed by atoms with E-state index in [1.54, 1.807) is 12.0 Å². The average molecular weight is 320 g/mol. The monoisotopic (exact) mass is 320 g/mol. The van der Waals surface area contributed by atoms with Gasteiger partial charge < -0.3 is 20.1 Å². The Kier molecular flexibility index (Phi) is 5.47. The molecule has 1 fully saturated rings. The van der Waals surface area contributed by atoms with Gasteiger partial charge >= 0.3 is 12.0 Å². The zero-order valence-electron chi connectivity index (χ0n) is 13.8. The van der Waals surface area contributed by atoms with Crippen molar-refractivity contribution in [3.63, 3.8) is 0 Å². The van der Waals surface area contributed by atoms with Gasteiger partial charge in [0.15, 0.2) is 0 Å². The lowest BCUT2D eigenvalue weighted by molar-refractivity contribution is -0.143. The van der Waals surface area contributed by atoms with Crippen molar-refractivity contribution < 1.29 is 19.4 Å². The molecule has 2 rings (SSSR count). The molecule has 1 aliphatic rings. The Balaban J connectivity index is 2.05. The number of carboxylic acid groups (broad SMARTS) is 1. The maximum absolute atomic E-state index is 12.4. The number of benzene rings is 1. The molecular formula is C17H24N2O4. The summed E-state index contributed by atoms with van der Waals surface area (Å²) in [5.74, 6) is -0.584. The summed E-state index contributed by atoms with van der Waals surface area (Å²) >= 11 is 0. The van der Waals surface area contributed by atoms with E-state index in [9.17, 15) is 9.59 Å². The quantitative estimate of drug-likeness (QED) is 0.893. The minimum Gasteiger partial charge on any atom is -0.496 e. The van der Waals surface area contributed by atoms with E-state index in [0.717, 1.165) is 16.9 Å². The Hall–Kier alpha value is -2.24. The molecule has 2 atom stereocenters. The minimum absolute atomic E-state index is 0.220. The van der Waals surface area contributed by atoms with Crippen LogP contribution in [0.1, 0.15) is 36.9 Å². The standard InChI is InChI=1S/C17H24N2O4/c1-11-6-7-15(23-3)14(9-11)12(2)18-17(22)19-8-4-5-13(10-19)16(20)21/h6-7,9,12-13H,4-5,8,10H2,1-3H3,(H,18,22)(H,20,21)/t12-,13?/m1/s1. The largest absolute Gasteiger partial charge is 0.496 e. The third-order valence-corrected chi connectivity index (χ3v) is 4.25. The number of rotatable bonds is 4. The Morgan fingerprint density at radius 3 is 2.83 bits per heavy atom. The Labute approximate surface area is 136 Å². The van der Waals surface area contributed by atoms with Gasteiger partial charge in [-0.25, -0.2) is 4.79 Å². The van der Waals surface area contributed by atoms with E-state index in [2.05, 4.69) is 5.32 Å². The molecule has 126 valence electrons. The molecule has 6 nitrogen and oxygen atoms in total. The van der Waals surface area contributed by atoms with Crippen molar-refractivity contribution in [1.29, 1.82) is 0 Å². The number of likely N-dealkylation sites (tertiary alicyclic amines) is 1. The number of ether oxygens (including phenoxy) is 1. The van der Waals surface area contributed by atoms with Crippen molar-refractivity contribution >= 4 is 12.0 Å². The predicted octanol–water partition coefficient (Wildman–Crippen LogP) is 2.57. The van der Waals surface area contributed by atoms with Crippen LogP contribution in [0.3, 0.4) is 0 Å². The van der Waals surface area contributed by atoms with Crippen LogP contribution in [0.15, 0.2) is 18.2 Å². The molecule has 1 aromatic rings. The number of urea groups is 1. The minimum atomic E-state index is -0.837. The van der Waals surface area contributed by atoms with Crippen LogP contribution < -0.4 is 10.1 Å². The van der Waals surface area contributed by atoms with Gasteiger partial charge in [0.2, 0.25) is 0 Å². The molecule has 0 spiro atoms. The fraction of sp³-hybridized carbons (Fsp3) is 0.529. The van der Waals surface area contributed by atoms with Gasteiger partial charge in [0.05, 0.1) is 19.1 Å². The number of hydrogen-bond acceptors (Lipinski definition) is 3. The lowest BCUT2D eigenvalue weighted by Gasteiger charge is -2.32. The van der Waals surface area contributed by atoms with E-state index in [-0.39, 0.29) is 18.6 Å². The van der Waals surface area contributed by atoms with E-state index in [4.69, 9.17) is 9.84 Å². The Morgan fingerprint density at radius 2 is 2.17 bits per heavy atom. The number of carbonyl (C=O) groups is 2. The molecular weight excluding hydrogens is 296 g/mol. The molecule has 1 saturated heterocycles. The van der Waals surface area contributed by atoms with Gasteiger partial charge in [-0.2, -0.15) is 0 Å². The topological polar surface area (TPSA) is 78.9 Å². The second-order valence-corrected chi connectivity index (χ2v) is 6.04. The van der Waals surface area contributed by atoms with Crippen LogP contribution in [0.25, 0.3) is 0 Å². The molecule has 1 aromatic carbocycles. The van der Waals surface area contributed by atoms with Crippen molar-refractivity contribution in [2.45, 2.75) is 32.7 Å². The van der Waals surface area contributed by atoms with Gasteiger partial charge in [-0.1, -0.05) is 17.7 Å². The van der Waals surface area contributed by atoms with Gasteiger partial charge in [0.1, 0.15) is 5.75 Å². The highest BCUT2D eigenvalue weighted by Crippen LogP contribution is 2.26. The van der Waals surface area contributed by atoms with Crippen LogP contribution >= 0.6 is 0 Å². The molecule has 0 aromatic heterocycles. The number of aryl methyl sites for hydroxylation is 1. The molecule has 1 unspecified atom stereocenters. The van der Waals surface area contributed by atoms with E-state index >= 15 is 0 Å². The van der Waals surface area contributed by atoms with E-state index in [0.29, 0.717) is 19.4 Å². The highest BCUT2D eigenvalue weighted by atomic mass is 16.5. The van der Waals surface area contributed by atoms with E-state index < -0.39 is 11.9 Å². The fourth-order valence-electron chi connectivity index (χ4n) is 2.91. The van der Waals surface area contributed by atoms with Crippen molar-refractivity contribution in [1.82, 2.24) is 10.2 Å². The number of nitrogens with one attached hydrogen (secondary N) is 1. The average Bonchev–Trinajstić information content (AvgIpc) is 2.54. The van der Waals surface area contributed by atoms with Gasteiger partial charge in [-0.3, -0.25) is 4.79 Å². The number of nitrogens with zero attached hydrogens (tertiary/aromatic N) is 1. The summed E-state index contributed by atoms with van der Waals surface area (Å²) < 4.78 is 5.35. The molecule has 2 N–H and O–H groups in total. The van der Waals surface area contributed by atoms with Crippen molar-refractivity contribution in [2.75, 3.05) is 20.2 Å². The first-order chi connectivity index (χ1) is 10.9. The summed E-state index contributed by atoms with van der Waals surface area (Å²) in [6, 6.07) is 5.38. The summed E-state index contributed by atoms with van der Waals surface area (Å²) in [4.78, 5) is 25.1. The Bertz CT molecular complexity index is 588. The Morgan fingerprint density at radius 1 is 1.43 bits per heavy atom. The molecule has 6 heteroatoms. The van der Waals surface area contributed by atoms with Gasteiger partial charge in [-0.15, -0.1) is 0 Å². The molecule has 23 heavy (non-hydrogen) atoms. The van der Waals surface area contributed by atoms with Crippen molar-refractivity contribution in [3.05, 3.63) is 29.3 Å². The SMILES string of the molecule is COc1ccc(C)cc1[C@@H](C)NC(=O)N1CCCC(C(=O)O)C1. The van der Waals surface area contributed by atoms with Crippen LogP contribution in [0.2, 0.25) is 0 Å². The molecule has 0 aliphatic carbocycles. The zero-order chi connectivity index (χ0) is 17.0. The highest BCUT2D eigenvalue weighted by Gasteiger charge is 2.29. The second-order valence-electron chi connectivity index (χ2n) is 6.04.